The van der Waals surface area contributed by atoms with Gasteiger partial charge in [-0.3, -0.25) is 4.98 Å². The average molecular weight is 712 g/mol. The number of hydrogen-bond acceptors (Lipinski definition) is 5. The van der Waals surface area contributed by atoms with Crippen LogP contribution < -0.4 is 5.19 Å². The van der Waals surface area contributed by atoms with Gasteiger partial charge in [0.15, 0.2) is 17.5 Å². The Morgan fingerprint density at radius 1 is 0.352 bits per heavy atom. The van der Waals surface area contributed by atoms with Gasteiger partial charge >= 0.3 is 0 Å². The monoisotopic (exact) mass is 711 g/mol. The summed E-state index contributed by atoms with van der Waals surface area (Å²) < 4.78 is 0. The zero-order chi connectivity index (χ0) is 36.6. The maximum atomic E-state index is 5.07. The van der Waals surface area contributed by atoms with Crippen LogP contribution in [0, 0.1) is 0 Å². The van der Waals surface area contributed by atoms with Crippen LogP contribution in [0.15, 0.2) is 170 Å². The molecule has 6 heteroatoms. The minimum atomic E-state index is -1.43. The standard InChI is InChI=1S/C48H37N5Si/c1-54(2,3)42-22-10-19-40(31-42)38-17-8-15-36(29-38)35-14-7-16-37(28-35)39-18-9-20-41(30-39)47-51-46(34-12-5-4-6-13-34)52-48(53-47)43-26-25-33-24-23-32-21-11-27-49-44(32)45(33)50-43/h4-31H,1-3H3. The van der Waals surface area contributed by atoms with Crippen LogP contribution in [0.5, 0.6) is 0 Å². The second-order valence-electron chi connectivity index (χ2n) is 14.7. The van der Waals surface area contributed by atoms with Crippen LogP contribution in [0.2, 0.25) is 19.6 Å². The summed E-state index contributed by atoms with van der Waals surface area (Å²) in [5.74, 6) is 1.69. The second-order valence-corrected chi connectivity index (χ2v) is 19.7. The van der Waals surface area contributed by atoms with Crippen molar-refractivity contribution in [3.05, 3.63) is 170 Å². The Morgan fingerprint density at radius 3 is 1.46 bits per heavy atom. The first-order chi connectivity index (χ1) is 26.4. The molecule has 0 N–H and O–H groups in total. The number of benzene rings is 6. The third kappa shape index (κ3) is 6.59. The van der Waals surface area contributed by atoms with E-state index in [0.717, 1.165) is 44.1 Å². The molecular formula is C48H37N5Si. The summed E-state index contributed by atoms with van der Waals surface area (Å²) in [5.41, 5.74) is 11.2. The lowest BCUT2D eigenvalue weighted by Gasteiger charge is -2.17. The molecule has 0 radical (unpaired) electrons. The highest BCUT2D eigenvalue weighted by Crippen LogP contribution is 2.33. The molecule has 54 heavy (non-hydrogen) atoms. The Morgan fingerprint density at radius 2 is 0.833 bits per heavy atom. The van der Waals surface area contributed by atoms with E-state index < -0.39 is 8.07 Å². The molecule has 0 aliphatic rings. The molecule has 3 heterocycles. The topological polar surface area (TPSA) is 64.5 Å². The zero-order valence-electron chi connectivity index (χ0n) is 30.4. The van der Waals surface area contributed by atoms with E-state index in [4.69, 9.17) is 19.9 Å². The SMILES string of the molecule is C[Si](C)(C)c1cccc(-c2cccc(-c3cccc(-c4cccc(-c5nc(-c6ccccc6)nc(-c6ccc7ccc8cccnc8c7n6)n5)c4)c3)c2)c1. The minimum absolute atomic E-state index is 0.511. The van der Waals surface area contributed by atoms with Crippen molar-refractivity contribution in [3.63, 3.8) is 0 Å². The molecule has 258 valence electrons. The molecule has 0 saturated carbocycles. The van der Waals surface area contributed by atoms with E-state index in [9.17, 15) is 0 Å². The fourth-order valence-corrected chi connectivity index (χ4v) is 8.13. The number of pyridine rings is 2. The van der Waals surface area contributed by atoms with E-state index >= 15 is 0 Å². The summed E-state index contributed by atoms with van der Waals surface area (Å²) in [6, 6.07) is 57.3. The van der Waals surface area contributed by atoms with Gasteiger partial charge in [0.1, 0.15) is 5.69 Å². The Kier molecular flexibility index (Phi) is 8.45. The quantitative estimate of drug-likeness (QED) is 0.122. The molecular weight excluding hydrogens is 675 g/mol. The molecule has 0 spiro atoms. The van der Waals surface area contributed by atoms with Crippen LogP contribution in [0.4, 0.5) is 0 Å². The van der Waals surface area contributed by atoms with E-state index in [2.05, 4.69) is 146 Å². The van der Waals surface area contributed by atoms with Crippen LogP contribution >= 0.6 is 0 Å². The Labute approximate surface area is 316 Å². The molecule has 0 aliphatic carbocycles. The molecule has 9 rings (SSSR count). The van der Waals surface area contributed by atoms with Gasteiger partial charge in [-0.25, -0.2) is 19.9 Å². The van der Waals surface area contributed by atoms with Crippen molar-refractivity contribution in [1.82, 2.24) is 24.9 Å². The van der Waals surface area contributed by atoms with E-state index in [1.807, 2.05) is 42.5 Å². The number of fused-ring (bicyclic) bond motifs is 3. The molecule has 0 unspecified atom stereocenters. The van der Waals surface area contributed by atoms with E-state index in [1.165, 1.54) is 27.4 Å². The predicted octanol–water partition coefficient (Wildman–Crippen LogP) is 11.5. The first-order valence-electron chi connectivity index (χ1n) is 18.2. The van der Waals surface area contributed by atoms with Crippen molar-refractivity contribution in [2.75, 3.05) is 0 Å². The van der Waals surface area contributed by atoms with Gasteiger partial charge in [0.2, 0.25) is 0 Å². The van der Waals surface area contributed by atoms with Crippen molar-refractivity contribution < 1.29 is 0 Å². The van der Waals surface area contributed by atoms with Crippen molar-refractivity contribution in [2.24, 2.45) is 0 Å². The Balaban J connectivity index is 1.10. The lowest BCUT2D eigenvalue weighted by molar-refractivity contribution is 1.06. The molecule has 5 nitrogen and oxygen atoms in total. The molecule has 0 bridgehead atoms. The summed E-state index contributed by atoms with van der Waals surface area (Å²) in [6.45, 7) is 7.19. The van der Waals surface area contributed by atoms with Gasteiger partial charge < -0.3 is 0 Å². The fraction of sp³-hybridized carbons (Fsp3) is 0.0625. The van der Waals surface area contributed by atoms with Crippen LogP contribution in [0.1, 0.15) is 0 Å². The largest absolute Gasteiger partial charge is 0.254 e. The van der Waals surface area contributed by atoms with E-state index in [-0.39, 0.29) is 0 Å². The van der Waals surface area contributed by atoms with Gasteiger partial charge in [-0.2, -0.15) is 0 Å². The van der Waals surface area contributed by atoms with E-state index in [0.29, 0.717) is 23.2 Å². The molecule has 0 saturated heterocycles. The van der Waals surface area contributed by atoms with Gasteiger partial charge in [-0.15, -0.1) is 0 Å². The number of nitrogens with zero attached hydrogens (tertiary/aromatic N) is 5. The van der Waals surface area contributed by atoms with Crippen LogP contribution in [0.3, 0.4) is 0 Å². The highest BCUT2D eigenvalue weighted by molar-refractivity contribution is 6.88. The molecule has 0 amide bonds. The van der Waals surface area contributed by atoms with Crippen molar-refractivity contribution in [2.45, 2.75) is 19.6 Å². The predicted molar refractivity (Wildman–Crippen MR) is 226 cm³/mol. The number of hydrogen-bond donors (Lipinski definition) is 0. The summed E-state index contributed by atoms with van der Waals surface area (Å²) in [5, 5.41) is 3.52. The minimum Gasteiger partial charge on any atom is -0.254 e. The Bertz CT molecular complexity index is 2830. The highest BCUT2D eigenvalue weighted by Gasteiger charge is 2.18. The number of aromatic nitrogens is 5. The molecule has 6 aromatic carbocycles. The number of rotatable bonds is 7. The van der Waals surface area contributed by atoms with Gasteiger partial charge in [0.25, 0.3) is 0 Å². The third-order valence-electron chi connectivity index (χ3n) is 9.90. The summed E-state index contributed by atoms with van der Waals surface area (Å²) in [6.07, 6.45) is 1.80. The first-order valence-corrected chi connectivity index (χ1v) is 21.7. The molecule has 0 aliphatic heterocycles. The van der Waals surface area contributed by atoms with Crippen molar-refractivity contribution in [3.8, 4) is 67.7 Å². The normalized spacial score (nSPS) is 11.6. The molecule has 0 fully saturated rings. The van der Waals surface area contributed by atoms with Gasteiger partial charge in [0.05, 0.1) is 19.1 Å². The zero-order valence-corrected chi connectivity index (χ0v) is 31.4. The first kappa shape index (κ1) is 33.2. The lowest BCUT2D eigenvalue weighted by Crippen LogP contribution is -2.37. The van der Waals surface area contributed by atoms with Gasteiger partial charge in [-0.1, -0.05) is 158 Å². The van der Waals surface area contributed by atoms with Crippen LogP contribution in [0.25, 0.3) is 89.5 Å². The average Bonchev–Trinajstić information content (AvgIpc) is 3.23. The smallest absolute Gasteiger partial charge is 0.182 e. The van der Waals surface area contributed by atoms with Gasteiger partial charge in [-0.05, 0) is 63.7 Å². The summed E-state index contributed by atoms with van der Waals surface area (Å²) >= 11 is 0. The second kappa shape index (κ2) is 13.7. The van der Waals surface area contributed by atoms with Crippen LogP contribution in [-0.2, 0) is 0 Å². The maximum Gasteiger partial charge on any atom is 0.182 e. The lowest BCUT2D eigenvalue weighted by atomic mass is 9.95. The third-order valence-corrected chi connectivity index (χ3v) is 11.9. The maximum absolute atomic E-state index is 5.07. The van der Waals surface area contributed by atoms with Gasteiger partial charge in [0, 0.05) is 28.1 Å². The fourth-order valence-electron chi connectivity index (χ4n) is 6.94. The van der Waals surface area contributed by atoms with E-state index in [1.54, 1.807) is 6.20 Å². The molecule has 9 aromatic rings. The summed E-state index contributed by atoms with van der Waals surface area (Å²) in [4.78, 5) is 24.7. The molecule has 3 aromatic heterocycles. The van der Waals surface area contributed by atoms with Crippen molar-refractivity contribution >= 4 is 35.1 Å². The highest BCUT2D eigenvalue weighted by atomic mass is 28.3. The van der Waals surface area contributed by atoms with Crippen molar-refractivity contribution in [1.29, 1.82) is 0 Å². The summed E-state index contributed by atoms with van der Waals surface area (Å²) in [7, 11) is -1.43. The van der Waals surface area contributed by atoms with Crippen LogP contribution in [-0.4, -0.2) is 33.0 Å². The Hall–Kier alpha value is -6.63. The molecule has 0 atom stereocenters.